The molecule has 4 rings (SSSR count). The third-order valence-corrected chi connectivity index (χ3v) is 8.20. The van der Waals surface area contributed by atoms with Crippen molar-refractivity contribution in [1.82, 2.24) is 45.7 Å². The van der Waals surface area contributed by atoms with Gasteiger partial charge in [-0.2, -0.15) is 0 Å². The van der Waals surface area contributed by atoms with Crippen LogP contribution >= 0.6 is 0 Å². The van der Waals surface area contributed by atoms with Crippen molar-refractivity contribution in [3.63, 3.8) is 0 Å². The third kappa shape index (κ3) is 11.1. The van der Waals surface area contributed by atoms with Crippen molar-refractivity contribution in [2.75, 3.05) is 64.6 Å². The smallest absolute Gasteiger partial charge is 0.387 e. The zero-order chi connectivity index (χ0) is 31.1. The molecule has 8 N–H and O–H groups in total. The van der Waals surface area contributed by atoms with Crippen LogP contribution in [0.1, 0.15) is 64.0 Å². The van der Waals surface area contributed by atoms with Crippen molar-refractivity contribution in [1.29, 1.82) is 0 Å². The standard InChI is InChI=1S/C29H50N10O5.Cu/c30-26-22-27(36-19-35-26)39(20-37-22)29-24(42)23(41)25(44-29)28(43)34-10-8-6-4-2-1-3-5-7-9-21(40)38-17-15-32-13-11-31-12-14-33-16-18-38;/h19-20,23-25,29,31-33,41-42H,1-18H2,(H,34,43)(H2,30,35,36);/q;+2/t23-,24+,25-,29+;/m0./s1. The fourth-order valence-electron chi connectivity index (χ4n) is 5.61. The van der Waals surface area contributed by atoms with Gasteiger partial charge in [-0.1, -0.05) is 38.5 Å². The molecule has 4 atom stereocenters. The first kappa shape index (κ1) is 37.0. The third-order valence-electron chi connectivity index (χ3n) is 8.20. The Balaban J connectivity index is 0.00000552. The van der Waals surface area contributed by atoms with Crippen molar-refractivity contribution in [2.45, 2.75) is 82.3 Å². The fraction of sp³-hybridized carbons (Fsp3) is 0.759. The number of imidazole rings is 1. The minimum atomic E-state index is -1.39. The number of aliphatic hydroxyl groups excluding tert-OH is 2. The second-order valence-electron chi connectivity index (χ2n) is 11.5. The molecule has 2 aliphatic rings. The largest absolute Gasteiger partial charge is 2.00 e. The summed E-state index contributed by atoms with van der Waals surface area (Å²) in [7, 11) is 0. The Labute approximate surface area is 275 Å². The molecule has 16 heteroatoms. The van der Waals surface area contributed by atoms with Gasteiger partial charge in [0.1, 0.15) is 24.1 Å². The molecular formula is C29H50CuN10O5+2. The number of anilines is 1. The number of ether oxygens (including phenoxy) is 1. The molecule has 45 heavy (non-hydrogen) atoms. The molecular weight excluding hydrogens is 632 g/mol. The summed E-state index contributed by atoms with van der Waals surface area (Å²) >= 11 is 0. The number of aromatic nitrogens is 4. The van der Waals surface area contributed by atoms with Gasteiger partial charge < -0.3 is 46.9 Å². The predicted octanol–water partition coefficient (Wildman–Crippen LogP) is -0.737. The number of hydrogen-bond acceptors (Lipinski definition) is 12. The van der Waals surface area contributed by atoms with Crippen LogP contribution in [0.15, 0.2) is 12.7 Å². The topological polar surface area (TPSA) is 205 Å². The van der Waals surface area contributed by atoms with Gasteiger partial charge in [0.25, 0.3) is 5.91 Å². The van der Waals surface area contributed by atoms with Gasteiger partial charge in [0.15, 0.2) is 23.8 Å². The maximum atomic E-state index is 12.7. The van der Waals surface area contributed by atoms with Gasteiger partial charge in [-0.3, -0.25) is 14.2 Å². The number of fused-ring (bicyclic) bond motifs is 1. The molecule has 0 saturated carbocycles. The molecule has 0 unspecified atom stereocenters. The molecule has 4 heterocycles. The number of nitrogen functional groups attached to an aromatic ring is 1. The maximum absolute atomic E-state index is 12.7. The van der Waals surface area contributed by atoms with Gasteiger partial charge in [-0.25, -0.2) is 15.0 Å². The number of hydrogen-bond donors (Lipinski definition) is 7. The van der Waals surface area contributed by atoms with E-state index in [1.807, 2.05) is 4.90 Å². The van der Waals surface area contributed by atoms with Gasteiger partial charge in [0.2, 0.25) is 5.91 Å². The van der Waals surface area contributed by atoms with Gasteiger partial charge in [0, 0.05) is 65.3 Å². The molecule has 0 spiro atoms. The number of rotatable bonds is 13. The van der Waals surface area contributed by atoms with Crippen LogP contribution in [-0.4, -0.2) is 124 Å². The number of carbonyl (C=O) groups is 2. The van der Waals surface area contributed by atoms with Gasteiger partial charge in [-0.05, 0) is 12.8 Å². The van der Waals surface area contributed by atoms with E-state index in [9.17, 15) is 19.8 Å². The quantitative estimate of drug-likeness (QED) is 0.103. The van der Waals surface area contributed by atoms with E-state index in [4.69, 9.17) is 10.5 Å². The maximum Gasteiger partial charge on any atom is 2.00 e. The van der Waals surface area contributed by atoms with Crippen molar-refractivity contribution in [3.8, 4) is 0 Å². The first-order valence-electron chi connectivity index (χ1n) is 16.1. The Kier molecular flexibility index (Phi) is 16.4. The van der Waals surface area contributed by atoms with Crippen LogP contribution in [0.25, 0.3) is 11.2 Å². The average Bonchev–Trinajstić information content (AvgIpc) is 3.57. The van der Waals surface area contributed by atoms with Crippen LogP contribution in [0.3, 0.4) is 0 Å². The summed E-state index contributed by atoms with van der Waals surface area (Å²) in [4.78, 5) is 39.6. The average molecular weight is 682 g/mol. The van der Waals surface area contributed by atoms with Crippen LogP contribution in [-0.2, 0) is 31.4 Å². The van der Waals surface area contributed by atoms with Crippen LogP contribution in [0.2, 0.25) is 0 Å². The van der Waals surface area contributed by atoms with E-state index in [1.54, 1.807) is 0 Å². The molecule has 2 saturated heterocycles. The predicted molar refractivity (Wildman–Crippen MR) is 165 cm³/mol. The number of nitrogens with one attached hydrogen (secondary N) is 4. The Morgan fingerprint density at radius 2 is 1.47 bits per heavy atom. The van der Waals surface area contributed by atoms with Crippen molar-refractivity contribution in [3.05, 3.63) is 12.7 Å². The van der Waals surface area contributed by atoms with E-state index in [0.29, 0.717) is 24.1 Å². The molecule has 2 aromatic rings. The molecule has 1 radical (unpaired) electrons. The summed E-state index contributed by atoms with van der Waals surface area (Å²) in [6, 6.07) is 0. The van der Waals surface area contributed by atoms with E-state index in [1.165, 1.54) is 17.2 Å². The zero-order valence-electron chi connectivity index (χ0n) is 25.9. The second kappa shape index (κ2) is 19.9. The summed E-state index contributed by atoms with van der Waals surface area (Å²) in [6.07, 6.45) is 6.51. The first-order chi connectivity index (χ1) is 21.5. The van der Waals surface area contributed by atoms with E-state index >= 15 is 0 Å². The monoisotopic (exact) mass is 681 g/mol. The minimum absolute atomic E-state index is 0. The van der Waals surface area contributed by atoms with E-state index in [2.05, 4.69) is 36.2 Å². The number of nitrogens with two attached hydrogens (primary N) is 1. The molecule has 0 aliphatic carbocycles. The Hall–Kier alpha value is -2.43. The molecule has 15 nitrogen and oxygen atoms in total. The van der Waals surface area contributed by atoms with E-state index in [0.717, 1.165) is 104 Å². The molecule has 2 fully saturated rings. The van der Waals surface area contributed by atoms with Crippen molar-refractivity contribution in [2.24, 2.45) is 0 Å². The molecule has 2 amide bonds. The Morgan fingerprint density at radius 3 is 2.13 bits per heavy atom. The summed E-state index contributed by atoms with van der Waals surface area (Å²) in [5.41, 5.74) is 6.52. The molecule has 2 aliphatic heterocycles. The fourth-order valence-corrected chi connectivity index (χ4v) is 5.61. The number of nitrogens with zero attached hydrogens (tertiary/aromatic N) is 5. The number of amides is 2. The van der Waals surface area contributed by atoms with E-state index in [-0.39, 0.29) is 28.8 Å². The molecule has 255 valence electrons. The summed E-state index contributed by atoms with van der Waals surface area (Å²) < 4.78 is 7.18. The summed E-state index contributed by atoms with van der Waals surface area (Å²) in [5.74, 6) is -0.0293. The Morgan fingerprint density at radius 1 is 0.867 bits per heavy atom. The number of carbonyl (C=O) groups excluding carboxylic acids is 2. The molecule has 0 aromatic carbocycles. The molecule has 2 aromatic heterocycles. The van der Waals surface area contributed by atoms with Crippen LogP contribution in [0.5, 0.6) is 0 Å². The summed E-state index contributed by atoms with van der Waals surface area (Å²) in [6.45, 7) is 7.35. The zero-order valence-corrected chi connectivity index (χ0v) is 26.9. The number of aliphatic hydroxyl groups is 2. The van der Waals surface area contributed by atoms with Crippen LogP contribution in [0, 0.1) is 0 Å². The van der Waals surface area contributed by atoms with Crippen LogP contribution in [0.4, 0.5) is 5.82 Å². The normalized spacial score (nSPS) is 23.2. The van der Waals surface area contributed by atoms with Crippen molar-refractivity contribution >= 4 is 28.8 Å². The SMILES string of the molecule is Nc1ncnc2c1ncn2[C@@H]1O[C@H](C(=O)NCCCCCCCCCCC(=O)N2CCNCCNCCNCC2)[C@@H](O)[C@H]1O.[Cu+2]. The second-order valence-corrected chi connectivity index (χ2v) is 11.5. The van der Waals surface area contributed by atoms with Gasteiger partial charge in [0.05, 0.1) is 6.33 Å². The Bertz CT molecular complexity index is 1160. The minimum Gasteiger partial charge on any atom is -0.387 e. The summed E-state index contributed by atoms with van der Waals surface area (Å²) in [5, 5.41) is 34.0. The molecule has 0 bridgehead atoms. The number of unbranched alkanes of at least 4 members (excludes halogenated alkanes) is 7. The van der Waals surface area contributed by atoms with Crippen LogP contribution < -0.4 is 27.0 Å². The first-order valence-corrected chi connectivity index (χ1v) is 16.1. The van der Waals surface area contributed by atoms with Gasteiger partial charge >= 0.3 is 17.1 Å². The van der Waals surface area contributed by atoms with Gasteiger partial charge in [-0.15, -0.1) is 0 Å². The van der Waals surface area contributed by atoms with Crippen molar-refractivity contribution < 1.29 is 41.6 Å². The van der Waals surface area contributed by atoms with E-state index < -0.39 is 30.4 Å².